The fourth-order valence-electron chi connectivity index (χ4n) is 2.16. The topological polar surface area (TPSA) is 76.4 Å². The van der Waals surface area contributed by atoms with Crippen LogP contribution in [-0.4, -0.2) is 29.6 Å². The summed E-state index contributed by atoms with van der Waals surface area (Å²) in [5, 5.41) is 8.11. The van der Waals surface area contributed by atoms with Crippen molar-refractivity contribution in [3.05, 3.63) is 60.0 Å². The lowest BCUT2D eigenvalue weighted by Gasteiger charge is -2.06. The molecule has 1 aromatic carbocycles. The van der Waals surface area contributed by atoms with Gasteiger partial charge in [0.05, 0.1) is 4.90 Å². The summed E-state index contributed by atoms with van der Waals surface area (Å²) < 4.78 is 28.8. The van der Waals surface area contributed by atoms with Crippen molar-refractivity contribution in [2.45, 2.75) is 18.2 Å². The van der Waals surface area contributed by atoms with E-state index in [0.29, 0.717) is 6.42 Å². The van der Waals surface area contributed by atoms with E-state index < -0.39 is 10.0 Å². The maximum atomic E-state index is 12.2. The Morgan fingerprint density at radius 3 is 2.64 bits per heavy atom. The molecule has 2 aromatic heterocycles. The van der Waals surface area contributed by atoms with Crippen molar-refractivity contribution in [2.75, 3.05) is 6.54 Å². The van der Waals surface area contributed by atoms with Gasteiger partial charge in [0.25, 0.3) is 0 Å². The number of fused-ring (bicyclic) bond motifs is 1. The molecule has 22 heavy (non-hydrogen) atoms. The Hall–Kier alpha value is -2.25. The van der Waals surface area contributed by atoms with E-state index in [2.05, 4.69) is 14.9 Å². The van der Waals surface area contributed by atoms with E-state index in [4.69, 9.17) is 0 Å². The third kappa shape index (κ3) is 3.00. The Balaban J connectivity index is 1.68. The van der Waals surface area contributed by atoms with E-state index in [1.165, 1.54) is 0 Å². The van der Waals surface area contributed by atoms with Crippen LogP contribution in [0.3, 0.4) is 0 Å². The molecule has 0 amide bonds. The largest absolute Gasteiger partial charge is 0.286 e. The summed E-state index contributed by atoms with van der Waals surface area (Å²) in [6.07, 6.45) is 2.33. The van der Waals surface area contributed by atoms with Crippen molar-refractivity contribution in [2.24, 2.45) is 0 Å². The molecule has 0 spiro atoms. The Labute approximate surface area is 128 Å². The van der Waals surface area contributed by atoms with Crippen LogP contribution in [0.4, 0.5) is 0 Å². The van der Waals surface area contributed by atoms with Crippen molar-refractivity contribution >= 4 is 15.7 Å². The molecule has 0 atom stereocenters. The minimum absolute atomic E-state index is 0.268. The second-order valence-electron chi connectivity index (χ2n) is 5.01. The molecule has 6 nitrogen and oxygen atoms in total. The standard InChI is InChI=1S/C15H16N4O2S/c1-12-5-7-13(8-6-12)22(20,21)16-10-9-15-18-17-14-4-2-3-11-19(14)15/h2-8,11,16H,9-10H2,1H3. The van der Waals surface area contributed by atoms with Gasteiger partial charge in [0.15, 0.2) is 5.65 Å². The minimum atomic E-state index is -3.49. The molecule has 3 aromatic rings. The first kappa shape index (κ1) is 14.7. The fraction of sp³-hybridized carbons (Fsp3) is 0.200. The van der Waals surface area contributed by atoms with Gasteiger partial charge in [0.2, 0.25) is 10.0 Å². The third-order valence-electron chi connectivity index (χ3n) is 3.36. The van der Waals surface area contributed by atoms with Gasteiger partial charge in [-0.3, -0.25) is 4.40 Å². The van der Waals surface area contributed by atoms with Crippen LogP contribution < -0.4 is 4.72 Å². The molecule has 0 aliphatic carbocycles. The number of hydrogen-bond acceptors (Lipinski definition) is 4. The van der Waals surface area contributed by atoms with Crippen LogP contribution in [0.1, 0.15) is 11.4 Å². The van der Waals surface area contributed by atoms with Gasteiger partial charge >= 0.3 is 0 Å². The van der Waals surface area contributed by atoms with E-state index in [-0.39, 0.29) is 11.4 Å². The highest BCUT2D eigenvalue weighted by atomic mass is 32.2. The number of nitrogens with one attached hydrogen (secondary N) is 1. The molecule has 0 aliphatic rings. The Morgan fingerprint density at radius 1 is 1.09 bits per heavy atom. The molecule has 0 aliphatic heterocycles. The van der Waals surface area contributed by atoms with Crippen LogP contribution in [0.25, 0.3) is 5.65 Å². The second kappa shape index (κ2) is 5.86. The predicted octanol–water partition coefficient (Wildman–Crippen LogP) is 1.56. The zero-order valence-corrected chi connectivity index (χ0v) is 12.9. The van der Waals surface area contributed by atoms with Gasteiger partial charge in [0.1, 0.15) is 5.82 Å². The molecular formula is C15H16N4O2S. The number of hydrogen-bond donors (Lipinski definition) is 1. The van der Waals surface area contributed by atoms with E-state index >= 15 is 0 Å². The summed E-state index contributed by atoms with van der Waals surface area (Å²) in [7, 11) is -3.49. The monoisotopic (exact) mass is 316 g/mol. The molecule has 7 heteroatoms. The van der Waals surface area contributed by atoms with Gasteiger partial charge in [-0.05, 0) is 31.2 Å². The lowest BCUT2D eigenvalue weighted by Crippen LogP contribution is -2.26. The molecular weight excluding hydrogens is 300 g/mol. The molecule has 0 bridgehead atoms. The van der Waals surface area contributed by atoms with Gasteiger partial charge in [-0.1, -0.05) is 23.8 Å². The Bertz CT molecular complexity index is 885. The highest BCUT2D eigenvalue weighted by Gasteiger charge is 2.13. The van der Waals surface area contributed by atoms with Crippen molar-refractivity contribution in [1.82, 2.24) is 19.3 Å². The first-order valence-corrected chi connectivity index (χ1v) is 8.39. The van der Waals surface area contributed by atoms with Crippen LogP contribution >= 0.6 is 0 Å². The molecule has 0 radical (unpaired) electrons. The summed E-state index contributed by atoms with van der Waals surface area (Å²) in [4.78, 5) is 0.268. The average Bonchev–Trinajstić information content (AvgIpc) is 2.91. The first-order valence-electron chi connectivity index (χ1n) is 6.91. The van der Waals surface area contributed by atoms with Crippen LogP contribution in [0.15, 0.2) is 53.6 Å². The Morgan fingerprint density at radius 2 is 1.86 bits per heavy atom. The SMILES string of the molecule is Cc1ccc(S(=O)(=O)NCCc2nnc3ccccn23)cc1. The van der Waals surface area contributed by atoms with E-state index in [0.717, 1.165) is 17.0 Å². The normalized spacial score (nSPS) is 11.9. The molecule has 0 saturated carbocycles. The van der Waals surface area contributed by atoms with Gasteiger partial charge in [-0.2, -0.15) is 0 Å². The summed E-state index contributed by atoms with van der Waals surface area (Å²) in [6.45, 7) is 2.19. The molecule has 114 valence electrons. The minimum Gasteiger partial charge on any atom is -0.286 e. The van der Waals surface area contributed by atoms with Crippen LogP contribution in [0.2, 0.25) is 0 Å². The number of aromatic nitrogens is 3. The quantitative estimate of drug-likeness (QED) is 0.775. The molecule has 0 saturated heterocycles. The van der Waals surface area contributed by atoms with Crippen molar-refractivity contribution < 1.29 is 8.42 Å². The second-order valence-corrected chi connectivity index (χ2v) is 6.77. The number of pyridine rings is 1. The summed E-state index contributed by atoms with van der Waals surface area (Å²) in [5.74, 6) is 0.724. The third-order valence-corrected chi connectivity index (χ3v) is 4.83. The number of sulfonamides is 1. The number of nitrogens with zero attached hydrogens (tertiary/aromatic N) is 3. The van der Waals surface area contributed by atoms with Gasteiger partial charge in [-0.25, -0.2) is 13.1 Å². The zero-order chi connectivity index (χ0) is 15.6. The highest BCUT2D eigenvalue weighted by molar-refractivity contribution is 7.89. The lowest BCUT2D eigenvalue weighted by atomic mass is 10.2. The van der Waals surface area contributed by atoms with E-state index in [9.17, 15) is 8.42 Å². The smallest absolute Gasteiger partial charge is 0.240 e. The summed E-state index contributed by atoms with van der Waals surface area (Å²) >= 11 is 0. The van der Waals surface area contributed by atoms with Gasteiger partial charge < -0.3 is 0 Å². The van der Waals surface area contributed by atoms with Gasteiger partial charge in [0, 0.05) is 19.2 Å². The Kier molecular flexibility index (Phi) is 3.91. The first-order chi connectivity index (χ1) is 10.6. The number of benzene rings is 1. The highest BCUT2D eigenvalue weighted by Crippen LogP contribution is 2.10. The summed E-state index contributed by atoms with van der Waals surface area (Å²) in [5.41, 5.74) is 1.77. The van der Waals surface area contributed by atoms with Crippen molar-refractivity contribution in [3.8, 4) is 0 Å². The van der Waals surface area contributed by atoms with Crippen LogP contribution in [-0.2, 0) is 16.4 Å². The zero-order valence-electron chi connectivity index (χ0n) is 12.1. The maximum Gasteiger partial charge on any atom is 0.240 e. The van der Waals surface area contributed by atoms with Crippen molar-refractivity contribution in [1.29, 1.82) is 0 Å². The van der Waals surface area contributed by atoms with Crippen LogP contribution in [0, 0.1) is 6.92 Å². The summed E-state index contributed by atoms with van der Waals surface area (Å²) in [6, 6.07) is 12.4. The predicted molar refractivity (Wildman–Crippen MR) is 83.1 cm³/mol. The lowest BCUT2D eigenvalue weighted by molar-refractivity contribution is 0.580. The van der Waals surface area contributed by atoms with E-state index in [1.807, 2.05) is 35.7 Å². The molecule has 2 heterocycles. The van der Waals surface area contributed by atoms with Crippen molar-refractivity contribution in [3.63, 3.8) is 0 Å². The maximum absolute atomic E-state index is 12.2. The molecule has 0 unspecified atom stereocenters. The number of aryl methyl sites for hydroxylation is 1. The molecule has 3 rings (SSSR count). The average molecular weight is 316 g/mol. The molecule has 0 fully saturated rings. The van der Waals surface area contributed by atoms with Gasteiger partial charge in [-0.15, -0.1) is 10.2 Å². The number of rotatable bonds is 5. The molecule has 1 N–H and O–H groups in total. The fourth-order valence-corrected chi connectivity index (χ4v) is 3.19. The van der Waals surface area contributed by atoms with Crippen LogP contribution in [0.5, 0.6) is 0 Å². The van der Waals surface area contributed by atoms with E-state index in [1.54, 1.807) is 24.3 Å².